The van der Waals surface area contributed by atoms with Crippen molar-refractivity contribution in [1.29, 1.82) is 5.26 Å². The van der Waals surface area contributed by atoms with Gasteiger partial charge in [0.2, 0.25) is 24.0 Å². The van der Waals surface area contributed by atoms with Crippen LogP contribution in [0.2, 0.25) is 0 Å². The predicted molar refractivity (Wildman–Crippen MR) is 127 cm³/mol. The molecule has 0 unspecified atom stereocenters. The summed E-state index contributed by atoms with van der Waals surface area (Å²) in [7, 11) is 0. The highest BCUT2D eigenvalue weighted by atomic mass is 16.5. The number of nitriles is 1. The van der Waals surface area contributed by atoms with Crippen LogP contribution in [0.5, 0.6) is 0 Å². The molecule has 0 spiro atoms. The predicted octanol–water partition coefficient (Wildman–Crippen LogP) is 2.16. The standard InChI is InChI=1S/C25H34N6O3/c26-18-27-25(29-12-6-1-2-7-13-29)31-15-11-21(22(17-31)23(32)28-34)24(33)30-14-10-20(16-30)19-8-4-3-5-9-19/h3-5,8-9,20-22,34H,1-2,6-7,10-17H2,(H,28,32)/t20-,21-,22-/m0/s1. The lowest BCUT2D eigenvalue weighted by Crippen LogP contribution is -2.56. The van der Waals surface area contributed by atoms with Gasteiger partial charge in [0.1, 0.15) is 0 Å². The molecule has 3 heterocycles. The summed E-state index contributed by atoms with van der Waals surface area (Å²) in [6, 6.07) is 10.2. The number of carbonyl (C=O) groups is 2. The van der Waals surface area contributed by atoms with Crippen molar-refractivity contribution < 1.29 is 14.8 Å². The van der Waals surface area contributed by atoms with E-state index in [1.165, 1.54) is 5.56 Å². The fourth-order valence-electron chi connectivity index (χ4n) is 5.63. The summed E-state index contributed by atoms with van der Waals surface area (Å²) in [5, 5.41) is 18.7. The van der Waals surface area contributed by atoms with Crippen LogP contribution in [-0.2, 0) is 9.59 Å². The highest BCUT2D eigenvalue weighted by molar-refractivity contribution is 5.89. The number of amides is 2. The van der Waals surface area contributed by atoms with Gasteiger partial charge in [-0.25, -0.2) is 5.48 Å². The van der Waals surface area contributed by atoms with Crippen molar-refractivity contribution in [3.05, 3.63) is 35.9 Å². The number of rotatable bonds is 3. The Labute approximate surface area is 201 Å². The number of aliphatic imine (C=N–C) groups is 1. The van der Waals surface area contributed by atoms with Gasteiger partial charge in [-0.3, -0.25) is 14.8 Å². The number of hydrogen-bond acceptors (Lipinski definition) is 5. The molecule has 0 aliphatic carbocycles. The van der Waals surface area contributed by atoms with Crippen LogP contribution in [0.15, 0.2) is 35.3 Å². The van der Waals surface area contributed by atoms with Crippen LogP contribution in [0.4, 0.5) is 0 Å². The molecule has 3 atom stereocenters. The lowest BCUT2D eigenvalue weighted by atomic mass is 9.83. The first-order valence-electron chi connectivity index (χ1n) is 12.4. The van der Waals surface area contributed by atoms with E-state index >= 15 is 0 Å². The summed E-state index contributed by atoms with van der Waals surface area (Å²) in [6.07, 6.45) is 7.68. The third-order valence-corrected chi connectivity index (χ3v) is 7.47. The second-order valence-corrected chi connectivity index (χ2v) is 9.52. The average Bonchev–Trinajstić information content (AvgIpc) is 3.23. The molecule has 2 amide bonds. The van der Waals surface area contributed by atoms with Gasteiger partial charge in [0, 0.05) is 45.2 Å². The van der Waals surface area contributed by atoms with Crippen LogP contribution in [0.1, 0.15) is 50.0 Å². The van der Waals surface area contributed by atoms with Crippen LogP contribution in [0.25, 0.3) is 0 Å². The summed E-state index contributed by atoms with van der Waals surface area (Å²) < 4.78 is 0. The van der Waals surface area contributed by atoms with Crippen LogP contribution in [0.3, 0.4) is 0 Å². The molecule has 0 saturated carbocycles. The molecule has 9 nitrogen and oxygen atoms in total. The maximum atomic E-state index is 13.5. The number of carbonyl (C=O) groups excluding carboxylic acids is 2. The van der Waals surface area contributed by atoms with Crippen LogP contribution >= 0.6 is 0 Å². The van der Waals surface area contributed by atoms with Gasteiger partial charge >= 0.3 is 0 Å². The Balaban J connectivity index is 1.47. The second-order valence-electron chi connectivity index (χ2n) is 9.52. The lowest BCUT2D eigenvalue weighted by molar-refractivity contribution is -0.147. The molecule has 9 heteroatoms. The van der Waals surface area contributed by atoms with Crippen LogP contribution in [0, 0.1) is 23.3 Å². The van der Waals surface area contributed by atoms with Crippen molar-refractivity contribution in [3.8, 4) is 6.19 Å². The number of guanidine groups is 1. The van der Waals surface area contributed by atoms with Crippen molar-refractivity contribution in [2.45, 2.75) is 44.4 Å². The molecule has 3 saturated heterocycles. The minimum absolute atomic E-state index is 0.0276. The summed E-state index contributed by atoms with van der Waals surface area (Å²) in [5.74, 6) is -0.929. The second kappa shape index (κ2) is 11.3. The summed E-state index contributed by atoms with van der Waals surface area (Å²) in [4.78, 5) is 36.2. The van der Waals surface area contributed by atoms with E-state index in [1.54, 1.807) is 5.48 Å². The van der Waals surface area contributed by atoms with Gasteiger partial charge in [-0.2, -0.15) is 5.26 Å². The molecule has 0 bridgehead atoms. The first kappa shape index (κ1) is 24.0. The number of likely N-dealkylation sites (tertiary alicyclic amines) is 3. The zero-order chi connectivity index (χ0) is 23.9. The summed E-state index contributed by atoms with van der Waals surface area (Å²) in [5.41, 5.74) is 3.00. The smallest absolute Gasteiger partial charge is 0.249 e. The topological polar surface area (TPSA) is 112 Å². The normalized spacial score (nSPS) is 26.1. The van der Waals surface area contributed by atoms with Gasteiger partial charge in [0.15, 0.2) is 0 Å². The van der Waals surface area contributed by atoms with Crippen molar-refractivity contribution in [2.75, 3.05) is 39.3 Å². The van der Waals surface area contributed by atoms with E-state index in [2.05, 4.69) is 22.0 Å². The summed E-state index contributed by atoms with van der Waals surface area (Å²) >= 11 is 0. The quantitative estimate of drug-likeness (QED) is 0.232. The summed E-state index contributed by atoms with van der Waals surface area (Å²) in [6.45, 7) is 3.75. The van der Waals surface area contributed by atoms with Crippen molar-refractivity contribution in [1.82, 2.24) is 20.2 Å². The van der Waals surface area contributed by atoms with Gasteiger partial charge in [-0.15, -0.1) is 4.99 Å². The minimum Gasteiger partial charge on any atom is -0.342 e. The Kier molecular flexibility index (Phi) is 8.01. The third-order valence-electron chi connectivity index (χ3n) is 7.47. The Bertz CT molecular complexity index is 922. The molecule has 3 aliphatic heterocycles. The zero-order valence-corrected chi connectivity index (χ0v) is 19.6. The number of hydrogen-bond donors (Lipinski definition) is 2. The highest BCUT2D eigenvalue weighted by Gasteiger charge is 2.43. The minimum atomic E-state index is -0.710. The molecule has 1 aromatic carbocycles. The van der Waals surface area contributed by atoms with Gasteiger partial charge in [-0.1, -0.05) is 43.2 Å². The van der Waals surface area contributed by atoms with Crippen molar-refractivity contribution >= 4 is 17.8 Å². The monoisotopic (exact) mass is 466 g/mol. The Hall–Kier alpha value is -3.12. The molecule has 0 aromatic heterocycles. The fraction of sp³-hybridized carbons (Fsp3) is 0.600. The molecule has 182 valence electrons. The molecule has 2 N–H and O–H groups in total. The zero-order valence-electron chi connectivity index (χ0n) is 19.6. The number of benzene rings is 1. The average molecular weight is 467 g/mol. The van der Waals surface area contributed by atoms with Crippen LogP contribution < -0.4 is 5.48 Å². The SMILES string of the molecule is N#CN=C(N1CCCCCC1)N1CC[C@H](C(=O)N2CC[C@H](c3ccccc3)C2)[C@@H](C(=O)NO)C1. The Morgan fingerprint density at radius 1 is 0.912 bits per heavy atom. The number of hydroxylamine groups is 1. The van der Waals surface area contributed by atoms with Gasteiger partial charge in [0.05, 0.1) is 11.8 Å². The lowest BCUT2D eigenvalue weighted by Gasteiger charge is -2.41. The van der Waals surface area contributed by atoms with Gasteiger partial charge in [0.25, 0.3) is 0 Å². The maximum absolute atomic E-state index is 13.5. The molecular formula is C25H34N6O3. The largest absolute Gasteiger partial charge is 0.342 e. The van der Waals surface area contributed by atoms with Crippen LogP contribution in [-0.4, -0.2) is 76.9 Å². The highest BCUT2D eigenvalue weighted by Crippen LogP contribution is 2.32. The van der Waals surface area contributed by atoms with E-state index in [-0.39, 0.29) is 12.5 Å². The molecule has 3 fully saturated rings. The van der Waals surface area contributed by atoms with E-state index < -0.39 is 17.7 Å². The first-order chi connectivity index (χ1) is 16.6. The third kappa shape index (κ3) is 5.33. The number of nitrogens with one attached hydrogen (secondary N) is 1. The molecular weight excluding hydrogens is 432 g/mol. The van der Waals surface area contributed by atoms with E-state index in [0.717, 1.165) is 45.2 Å². The molecule has 4 rings (SSSR count). The van der Waals surface area contributed by atoms with Crippen molar-refractivity contribution in [3.63, 3.8) is 0 Å². The number of piperidine rings is 1. The molecule has 1 aromatic rings. The van der Waals surface area contributed by atoms with E-state index in [9.17, 15) is 20.1 Å². The van der Waals surface area contributed by atoms with E-state index in [0.29, 0.717) is 37.9 Å². The van der Waals surface area contributed by atoms with E-state index in [1.807, 2.05) is 34.2 Å². The maximum Gasteiger partial charge on any atom is 0.249 e. The van der Waals surface area contributed by atoms with Crippen molar-refractivity contribution in [2.24, 2.45) is 16.8 Å². The number of nitrogens with zero attached hydrogens (tertiary/aromatic N) is 5. The Morgan fingerprint density at radius 2 is 1.62 bits per heavy atom. The van der Waals surface area contributed by atoms with Gasteiger partial charge < -0.3 is 14.7 Å². The molecule has 3 aliphatic rings. The fourth-order valence-corrected chi connectivity index (χ4v) is 5.63. The molecule has 0 radical (unpaired) electrons. The van der Waals surface area contributed by atoms with Gasteiger partial charge in [-0.05, 0) is 31.2 Å². The van der Waals surface area contributed by atoms with E-state index in [4.69, 9.17) is 0 Å². The Morgan fingerprint density at radius 3 is 2.29 bits per heavy atom. The molecule has 34 heavy (non-hydrogen) atoms. The first-order valence-corrected chi connectivity index (χ1v) is 12.4.